The molecule has 1 N–H and O–H groups in total. The third-order valence-electron chi connectivity index (χ3n) is 3.70. The first-order valence-corrected chi connectivity index (χ1v) is 7.82. The maximum absolute atomic E-state index is 14.4. The van der Waals surface area contributed by atoms with Crippen molar-refractivity contribution in [3.8, 4) is 23.8 Å². The lowest BCUT2D eigenvalue weighted by Gasteiger charge is -2.13. The van der Waals surface area contributed by atoms with Crippen LogP contribution in [0, 0.1) is 41.2 Å². The molecule has 0 aliphatic carbocycles. The Morgan fingerprint density at radius 2 is 1.63 bits per heavy atom. The van der Waals surface area contributed by atoms with E-state index < -0.39 is 17.5 Å². The molecule has 27 heavy (non-hydrogen) atoms. The van der Waals surface area contributed by atoms with E-state index in [0.29, 0.717) is 16.8 Å². The molecular weight excluding hydrogens is 350 g/mol. The van der Waals surface area contributed by atoms with Crippen LogP contribution in [0.3, 0.4) is 0 Å². The number of anilines is 2. The number of benzene rings is 2. The molecule has 0 amide bonds. The van der Waals surface area contributed by atoms with Crippen molar-refractivity contribution in [3.63, 3.8) is 0 Å². The summed E-state index contributed by atoms with van der Waals surface area (Å²) in [6.07, 6.45) is 0. The van der Waals surface area contributed by atoms with Crippen molar-refractivity contribution in [2.75, 3.05) is 5.32 Å². The zero-order valence-electron chi connectivity index (χ0n) is 14.1. The largest absolute Gasteiger partial charge is 0.436 e. The Bertz CT molecular complexity index is 1020. The van der Waals surface area contributed by atoms with Gasteiger partial charge in [-0.25, -0.2) is 8.78 Å². The molecular formula is C20H12F2N4O. The van der Waals surface area contributed by atoms with E-state index in [0.717, 1.165) is 0 Å². The van der Waals surface area contributed by atoms with Crippen LogP contribution in [0.25, 0.3) is 0 Å². The standard InChI is InChI=1S/C20H12F2N4O/c1-12-17(21)19(25-15-6-2-4-13(8-15)10-23)26-20(18(12)22)27-16-7-3-5-14(9-16)11-24/h2-9H,1H3,(H,25,26). The molecule has 7 heteroatoms. The fourth-order valence-electron chi connectivity index (χ4n) is 2.33. The number of aromatic nitrogens is 1. The number of halogens is 2. The Balaban J connectivity index is 1.98. The summed E-state index contributed by atoms with van der Waals surface area (Å²) >= 11 is 0. The zero-order valence-corrected chi connectivity index (χ0v) is 14.1. The topological polar surface area (TPSA) is 81.7 Å². The summed E-state index contributed by atoms with van der Waals surface area (Å²) in [6, 6.07) is 16.4. The number of nitrogens with zero attached hydrogens (tertiary/aromatic N) is 3. The van der Waals surface area contributed by atoms with Crippen molar-refractivity contribution < 1.29 is 13.5 Å². The third kappa shape index (κ3) is 3.83. The number of nitriles is 2. The highest BCUT2D eigenvalue weighted by atomic mass is 19.1. The predicted octanol–water partition coefficient (Wildman–Crippen LogP) is 4.95. The first-order chi connectivity index (χ1) is 13.0. The molecule has 3 rings (SSSR count). The average Bonchev–Trinajstić information content (AvgIpc) is 2.70. The molecule has 0 bridgehead atoms. The van der Waals surface area contributed by atoms with Gasteiger partial charge in [0.05, 0.1) is 23.3 Å². The number of nitrogens with one attached hydrogen (secondary N) is 1. The van der Waals surface area contributed by atoms with Gasteiger partial charge in [0.25, 0.3) is 5.88 Å². The Morgan fingerprint density at radius 3 is 2.33 bits per heavy atom. The predicted molar refractivity (Wildman–Crippen MR) is 94.6 cm³/mol. The van der Waals surface area contributed by atoms with Crippen LogP contribution in [0.1, 0.15) is 16.7 Å². The van der Waals surface area contributed by atoms with E-state index in [2.05, 4.69) is 10.3 Å². The van der Waals surface area contributed by atoms with Crippen LogP contribution in [0.5, 0.6) is 11.6 Å². The molecule has 0 radical (unpaired) electrons. The van der Waals surface area contributed by atoms with Gasteiger partial charge in [-0.3, -0.25) is 0 Å². The molecule has 0 aliphatic rings. The lowest BCUT2D eigenvalue weighted by atomic mass is 10.2. The van der Waals surface area contributed by atoms with Crippen LogP contribution in [-0.2, 0) is 0 Å². The summed E-state index contributed by atoms with van der Waals surface area (Å²) in [5, 5.41) is 20.6. The van der Waals surface area contributed by atoms with Gasteiger partial charge in [-0.1, -0.05) is 12.1 Å². The summed E-state index contributed by atoms with van der Waals surface area (Å²) in [6.45, 7) is 1.27. The molecule has 0 spiro atoms. The molecule has 5 nitrogen and oxygen atoms in total. The van der Waals surface area contributed by atoms with E-state index in [1.54, 1.807) is 30.3 Å². The van der Waals surface area contributed by atoms with Crippen LogP contribution in [-0.4, -0.2) is 4.98 Å². The monoisotopic (exact) mass is 362 g/mol. The number of ether oxygens (including phenoxy) is 1. The van der Waals surface area contributed by atoms with Crippen molar-refractivity contribution in [2.24, 2.45) is 0 Å². The van der Waals surface area contributed by atoms with Crippen molar-refractivity contribution in [2.45, 2.75) is 6.92 Å². The molecule has 3 aromatic rings. The molecule has 0 saturated heterocycles. The minimum Gasteiger partial charge on any atom is -0.436 e. The van der Waals surface area contributed by atoms with E-state index >= 15 is 0 Å². The summed E-state index contributed by atoms with van der Waals surface area (Å²) in [5.74, 6) is -2.28. The maximum Gasteiger partial charge on any atom is 0.258 e. The lowest BCUT2D eigenvalue weighted by molar-refractivity contribution is 0.414. The fraction of sp³-hybridized carbons (Fsp3) is 0.0500. The molecule has 0 saturated carbocycles. The van der Waals surface area contributed by atoms with Gasteiger partial charge in [-0.15, -0.1) is 0 Å². The Labute approximate surface area is 154 Å². The quantitative estimate of drug-likeness (QED) is 0.710. The van der Waals surface area contributed by atoms with Crippen molar-refractivity contribution >= 4 is 11.5 Å². The van der Waals surface area contributed by atoms with Gasteiger partial charge in [0.2, 0.25) is 0 Å². The Kier molecular flexibility index (Phi) is 4.96. The first-order valence-electron chi connectivity index (χ1n) is 7.82. The minimum atomic E-state index is -0.939. The van der Waals surface area contributed by atoms with Crippen LogP contribution < -0.4 is 10.1 Å². The lowest BCUT2D eigenvalue weighted by Crippen LogP contribution is -2.05. The highest BCUT2D eigenvalue weighted by molar-refractivity contribution is 5.60. The number of hydrogen-bond donors (Lipinski definition) is 1. The Hall–Kier alpha value is -3.97. The SMILES string of the molecule is Cc1c(F)c(Nc2cccc(C#N)c2)nc(Oc2cccc(C#N)c2)c1F. The molecule has 0 unspecified atom stereocenters. The molecule has 1 aromatic heterocycles. The van der Waals surface area contributed by atoms with E-state index in [1.165, 1.54) is 25.1 Å². The molecule has 1 heterocycles. The van der Waals surface area contributed by atoms with Crippen molar-refractivity contribution in [1.29, 1.82) is 10.5 Å². The molecule has 0 atom stereocenters. The van der Waals surface area contributed by atoms with Crippen LogP contribution in [0.4, 0.5) is 20.3 Å². The summed E-state index contributed by atoms with van der Waals surface area (Å²) in [4.78, 5) is 3.89. The van der Waals surface area contributed by atoms with Crippen LogP contribution >= 0.6 is 0 Å². The maximum atomic E-state index is 14.4. The van der Waals surface area contributed by atoms with Crippen molar-refractivity contribution in [3.05, 3.63) is 76.9 Å². The Morgan fingerprint density at radius 1 is 0.963 bits per heavy atom. The fourth-order valence-corrected chi connectivity index (χ4v) is 2.33. The van der Waals surface area contributed by atoms with E-state index in [-0.39, 0.29) is 17.1 Å². The smallest absolute Gasteiger partial charge is 0.258 e. The summed E-state index contributed by atoms with van der Waals surface area (Å²) in [7, 11) is 0. The van der Waals surface area contributed by atoms with Gasteiger partial charge in [-0.05, 0) is 43.3 Å². The number of rotatable bonds is 4. The van der Waals surface area contributed by atoms with Gasteiger partial charge in [0.15, 0.2) is 17.5 Å². The van der Waals surface area contributed by atoms with E-state index in [9.17, 15) is 8.78 Å². The normalized spacial score (nSPS) is 9.96. The highest BCUT2D eigenvalue weighted by Crippen LogP contribution is 2.31. The zero-order chi connectivity index (χ0) is 19.4. The summed E-state index contributed by atoms with van der Waals surface area (Å²) < 4.78 is 34.3. The van der Waals surface area contributed by atoms with Gasteiger partial charge in [0.1, 0.15) is 5.75 Å². The highest BCUT2D eigenvalue weighted by Gasteiger charge is 2.19. The summed E-state index contributed by atoms with van der Waals surface area (Å²) in [5.41, 5.74) is 0.863. The van der Waals surface area contributed by atoms with Crippen LogP contribution in [0.15, 0.2) is 48.5 Å². The average molecular weight is 362 g/mol. The number of pyridine rings is 1. The van der Waals surface area contributed by atoms with Crippen LogP contribution in [0.2, 0.25) is 0 Å². The number of hydrogen-bond acceptors (Lipinski definition) is 5. The molecule has 0 fully saturated rings. The minimum absolute atomic E-state index is 0.198. The van der Waals surface area contributed by atoms with Gasteiger partial charge in [-0.2, -0.15) is 15.5 Å². The first kappa shape index (κ1) is 17.8. The molecule has 2 aromatic carbocycles. The molecule has 0 aliphatic heterocycles. The third-order valence-corrected chi connectivity index (χ3v) is 3.70. The molecule has 132 valence electrons. The second kappa shape index (κ2) is 7.51. The van der Waals surface area contributed by atoms with E-state index in [4.69, 9.17) is 15.3 Å². The van der Waals surface area contributed by atoms with E-state index in [1.807, 2.05) is 12.1 Å². The second-order valence-electron chi connectivity index (χ2n) is 5.58. The van der Waals surface area contributed by atoms with Gasteiger partial charge >= 0.3 is 0 Å². The second-order valence-corrected chi connectivity index (χ2v) is 5.58. The van der Waals surface area contributed by atoms with Gasteiger partial charge < -0.3 is 10.1 Å². The van der Waals surface area contributed by atoms with Crippen molar-refractivity contribution in [1.82, 2.24) is 4.98 Å². The van der Waals surface area contributed by atoms with Gasteiger partial charge in [0, 0.05) is 11.3 Å².